The van der Waals surface area contributed by atoms with Gasteiger partial charge < -0.3 is 20.5 Å². The number of amides is 2. The van der Waals surface area contributed by atoms with Gasteiger partial charge in [-0.1, -0.05) is 42.5 Å². The summed E-state index contributed by atoms with van der Waals surface area (Å²) in [5.74, 6) is 0.853. The van der Waals surface area contributed by atoms with Crippen LogP contribution in [0, 0.1) is 6.92 Å². The van der Waals surface area contributed by atoms with Gasteiger partial charge in [0.2, 0.25) is 0 Å². The van der Waals surface area contributed by atoms with Gasteiger partial charge in [-0.3, -0.25) is 0 Å². The number of rotatable bonds is 8. The number of aryl methyl sites for hydroxylation is 1. The largest absolute Gasteiger partial charge is 0.496 e. The molecule has 5 nitrogen and oxygen atoms in total. The van der Waals surface area contributed by atoms with Crippen LogP contribution in [0.15, 0.2) is 48.5 Å². The Balaban J connectivity index is 1.67. The van der Waals surface area contributed by atoms with Crippen molar-refractivity contribution >= 4 is 6.03 Å². The smallest absolute Gasteiger partial charge is 0.314 e. The second-order valence-corrected chi connectivity index (χ2v) is 6.03. The molecule has 25 heavy (non-hydrogen) atoms. The molecule has 0 radical (unpaired) electrons. The Morgan fingerprint density at radius 3 is 2.60 bits per heavy atom. The predicted molar refractivity (Wildman–Crippen MR) is 99.0 cm³/mol. The first kappa shape index (κ1) is 18.8. The number of hydrogen-bond donors (Lipinski definition) is 3. The number of carbonyl (C=O) groups excluding carboxylic acids is 1. The van der Waals surface area contributed by atoms with Crippen molar-refractivity contribution in [2.24, 2.45) is 0 Å². The Morgan fingerprint density at radius 1 is 1.12 bits per heavy atom. The summed E-state index contributed by atoms with van der Waals surface area (Å²) in [6.07, 6.45) is 0.635. The Morgan fingerprint density at radius 2 is 1.88 bits per heavy atom. The van der Waals surface area contributed by atoms with E-state index in [4.69, 9.17) is 4.74 Å². The summed E-state index contributed by atoms with van der Waals surface area (Å²) in [4.78, 5) is 11.8. The number of aliphatic hydroxyl groups is 1. The Labute approximate surface area is 149 Å². The van der Waals surface area contributed by atoms with E-state index >= 15 is 0 Å². The van der Waals surface area contributed by atoms with Crippen molar-refractivity contribution < 1.29 is 14.6 Å². The monoisotopic (exact) mass is 342 g/mol. The van der Waals surface area contributed by atoms with Crippen LogP contribution >= 0.6 is 0 Å². The lowest BCUT2D eigenvalue weighted by atomic mass is 10.1. The molecule has 1 atom stereocenters. The highest BCUT2D eigenvalue weighted by atomic mass is 16.5. The van der Waals surface area contributed by atoms with E-state index in [9.17, 15) is 9.90 Å². The van der Waals surface area contributed by atoms with E-state index in [1.54, 1.807) is 7.11 Å². The molecular weight excluding hydrogens is 316 g/mol. The van der Waals surface area contributed by atoms with Crippen molar-refractivity contribution in [2.45, 2.75) is 25.9 Å². The number of carbonyl (C=O) groups is 1. The number of hydrogen-bond acceptors (Lipinski definition) is 3. The van der Waals surface area contributed by atoms with E-state index in [-0.39, 0.29) is 12.6 Å². The van der Waals surface area contributed by atoms with Crippen LogP contribution in [0.25, 0.3) is 0 Å². The fraction of sp³-hybridized carbons (Fsp3) is 0.350. The van der Waals surface area contributed by atoms with E-state index in [0.717, 1.165) is 28.9 Å². The van der Waals surface area contributed by atoms with Crippen LogP contribution in [-0.4, -0.2) is 37.4 Å². The fourth-order valence-corrected chi connectivity index (χ4v) is 2.57. The average Bonchev–Trinajstić information content (AvgIpc) is 2.62. The van der Waals surface area contributed by atoms with Gasteiger partial charge in [-0.2, -0.15) is 0 Å². The molecule has 3 N–H and O–H groups in total. The van der Waals surface area contributed by atoms with Crippen molar-refractivity contribution in [1.29, 1.82) is 0 Å². The molecule has 134 valence electrons. The summed E-state index contributed by atoms with van der Waals surface area (Å²) in [7, 11) is 1.65. The maximum Gasteiger partial charge on any atom is 0.314 e. The number of aliphatic hydroxyl groups excluding tert-OH is 1. The van der Waals surface area contributed by atoms with Gasteiger partial charge in [0.05, 0.1) is 13.2 Å². The van der Waals surface area contributed by atoms with Gasteiger partial charge in [0.15, 0.2) is 0 Å². The van der Waals surface area contributed by atoms with Gasteiger partial charge in [0.1, 0.15) is 5.75 Å². The lowest BCUT2D eigenvalue weighted by molar-refractivity contribution is 0.170. The quantitative estimate of drug-likeness (QED) is 0.690. The minimum Gasteiger partial charge on any atom is -0.496 e. The number of nitrogens with one attached hydrogen (secondary N) is 2. The van der Waals surface area contributed by atoms with E-state index in [1.807, 2.05) is 55.5 Å². The van der Waals surface area contributed by atoms with E-state index in [1.165, 1.54) is 0 Å². The van der Waals surface area contributed by atoms with Gasteiger partial charge in [-0.15, -0.1) is 0 Å². The first-order valence-electron chi connectivity index (χ1n) is 8.45. The summed E-state index contributed by atoms with van der Waals surface area (Å²) in [6.45, 7) is 2.74. The zero-order valence-electron chi connectivity index (χ0n) is 14.8. The number of methoxy groups -OCH3 is 1. The molecule has 2 aromatic carbocycles. The first-order valence-corrected chi connectivity index (χ1v) is 8.45. The molecule has 0 fully saturated rings. The highest BCUT2D eigenvalue weighted by Gasteiger charge is 2.08. The Bertz CT molecular complexity index is 674. The Kier molecular flexibility index (Phi) is 7.29. The van der Waals surface area contributed by atoms with Gasteiger partial charge in [0.25, 0.3) is 0 Å². The topological polar surface area (TPSA) is 70.6 Å². The molecule has 0 saturated heterocycles. The molecule has 0 aliphatic rings. The molecule has 0 spiro atoms. The van der Waals surface area contributed by atoms with Crippen molar-refractivity contribution in [3.05, 3.63) is 65.2 Å². The lowest BCUT2D eigenvalue weighted by Gasteiger charge is -2.13. The molecule has 0 aromatic heterocycles. The van der Waals surface area contributed by atoms with Crippen molar-refractivity contribution in [3.63, 3.8) is 0 Å². The second-order valence-electron chi connectivity index (χ2n) is 6.03. The van der Waals surface area contributed by atoms with Gasteiger partial charge >= 0.3 is 6.03 Å². The summed E-state index contributed by atoms with van der Waals surface area (Å²) in [5, 5.41) is 15.5. The lowest BCUT2D eigenvalue weighted by Crippen LogP contribution is -2.41. The van der Waals surface area contributed by atoms with Crippen LogP contribution in [0.4, 0.5) is 4.79 Å². The fourth-order valence-electron chi connectivity index (χ4n) is 2.57. The normalized spacial score (nSPS) is 11.6. The SMILES string of the molecule is COc1cc(CCNC(=O)NCC(O)Cc2ccccc2)ccc1C. The molecule has 0 saturated carbocycles. The zero-order chi connectivity index (χ0) is 18.1. The van der Waals surface area contributed by atoms with Gasteiger partial charge in [-0.05, 0) is 36.1 Å². The first-order chi connectivity index (χ1) is 12.1. The molecule has 2 aromatic rings. The maximum absolute atomic E-state index is 11.8. The third-order valence-corrected chi connectivity index (χ3v) is 3.98. The zero-order valence-corrected chi connectivity index (χ0v) is 14.8. The summed E-state index contributed by atoms with van der Waals surface area (Å²) < 4.78 is 5.30. The maximum atomic E-state index is 11.8. The summed E-state index contributed by atoms with van der Waals surface area (Å²) in [5.41, 5.74) is 3.24. The van der Waals surface area contributed by atoms with Crippen molar-refractivity contribution in [2.75, 3.05) is 20.2 Å². The van der Waals surface area contributed by atoms with Gasteiger partial charge in [0, 0.05) is 19.5 Å². The van der Waals surface area contributed by atoms with Crippen LogP contribution in [0.1, 0.15) is 16.7 Å². The minimum absolute atomic E-state index is 0.221. The van der Waals surface area contributed by atoms with Crippen LogP contribution in [0.2, 0.25) is 0 Å². The summed E-state index contributed by atoms with van der Waals surface area (Å²) >= 11 is 0. The highest BCUT2D eigenvalue weighted by Crippen LogP contribution is 2.18. The molecule has 2 amide bonds. The standard InChI is InChI=1S/C20H26N2O3/c1-15-8-9-17(13-19(15)25-2)10-11-21-20(24)22-14-18(23)12-16-6-4-3-5-7-16/h3-9,13,18,23H,10-12,14H2,1-2H3,(H2,21,22,24). The molecule has 0 aliphatic carbocycles. The molecule has 5 heteroatoms. The van der Waals surface area contributed by atoms with Crippen LogP contribution < -0.4 is 15.4 Å². The minimum atomic E-state index is -0.602. The van der Waals surface area contributed by atoms with Gasteiger partial charge in [-0.25, -0.2) is 4.79 Å². The third kappa shape index (κ3) is 6.47. The third-order valence-electron chi connectivity index (χ3n) is 3.98. The van der Waals surface area contributed by atoms with E-state index in [0.29, 0.717) is 13.0 Å². The molecule has 2 rings (SSSR count). The number of ether oxygens (including phenoxy) is 1. The molecule has 0 aliphatic heterocycles. The Hall–Kier alpha value is -2.53. The van der Waals surface area contributed by atoms with Crippen molar-refractivity contribution in [1.82, 2.24) is 10.6 Å². The highest BCUT2D eigenvalue weighted by molar-refractivity contribution is 5.73. The van der Waals surface area contributed by atoms with E-state index in [2.05, 4.69) is 10.6 Å². The molecular formula is C20H26N2O3. The van der Waals surface area contributed by atoms with Crippen LogP contribution in [-0.2, 0) is 12.8 Å². The predicted octanol–water partition coefficient (Wildman–Crippen LogP) is 2.45. The van der Waals surface area contributed by atoms with E-state index < -0.39 is 6.10 Å². The number of benzene rings is 2. The molecule has 0 heterocycles. The second kappa shape index (κ2) is 9.69. The van der Waals surface area contributed by atoms with Crippen molar-refractivity contribution in [3.8, 4) is 5.75 Å². The van der Waals surface area contributed by atoms with Crippen LogP contribution in [0.3, 0.4) is 0 Å². The van der Waals surface area contributed by atoms with Crippen LogP contribution in [0.5, 0.6) is 5.75 Å². The summed E-state index contributed by atoms with van der Waals surface area (Å²) in [6, 6.07) is 15.5. The molecule has 1 unspecified atom stereocenters. The average molecular weight is 342 g/mol. The molecule has 0 bridgehead atoms. The number of urea groups is 1.